The lowest BCUT2D eigenvalue weighted by molar-refractivity contribution is -0.384. The molecular weight excluding hydrogens is 414 g/mol. The van der Waals surface area contributed by atoms with Gasteiger partial charge in [-0.05, 0) is 31.2 Å². The third-order valence-corrected chi connectivity index (χ3v) is 4.84. The minimum atomic E-state index is -0.627. The van der Waals surface area contributed by atoms with Gasteiger partial charge in [-0.2, -0.15) is 0 Å². The van der Waals surface area contributed by atoms with Crippen molar-refractivity contribution in [2.24, 2.45) is 0 Å². The average molecular weight is 434 g/mol. The van der Waals surface area contributed by atoms with Crippen LogP contribution in [0.15, 0.2) is 36.4 Å². The number of hydrogen-bond acceptors (Lipinski definition) is 7. The fourth-order valence-corrected chi connectivity index (χ4v) is 3.27. The molecule has 0 bridgehead atoms. The van der Waals surface area contributed by atoms with Crippen molar-refractivity contribution >= 4 is 40.5 Å². The molecule has 2 aromatic rings. The predicted octanol–water partition coefficient (Wildman–Crippen LogP) is 3.51. The number of nitro groups is 1. The number of carbonyl (C=O) groups is 2. The van der Waals surface area contributed by atoms with Gasteiger partial charge in [0.05, 0.1) is 46.6 Å². The van der Waals surface area contributed by atoms with Gasteiger partial charge in [0.2, 0.25) is 0 Å². The zero-order chi connectivity index (χ0) is 21.7. The monoisotopic (exact) mass is 433 g/mol. The van der Waals surface area contributed by atoms with Crippen LogP contribution in [0.25, 0.3) is 0 Å². The molecule has 1 aliphatic rings. The summed E-state index contributed by atoms with van der Waals surface area (Å²) in [6.45, 7) is 4.27. The van der Waals surface area contributed by atoms with Gasteiger partial charge in [0.15, 0.2) is 0 Å². The van der Waals surface area contributed by atoms with E-state index < -0.39 is 16.8 Å². The SMILES string of the molecule is CCOC(=O)c1cc(NC(=O)c2cc([N+](=O)[O-])ccc2Cl)ccc1N1CCOCC1. The van der Waals surface area contributed by atoms with Crippen LogP contribution in [0.3, 0.4) is 0 Å². The highest BCUT2D eigenvalue weighted by Crippen LogP contribution is 2.28. The fourth-order valence-electron chi connectivity index (χ4n) is 3.07. The van der Waals surface area contributed by atoms with Gasteiger partial charge in [0, 0.05) is 30.9 Å². The second-order valence-electron chi connectivity index (χ2n) is 6.43. The first-order valence-electron chi connectivity index (χ1n) is 9.30. The van der Waals surface area contributed by atoms with Crippen LogP contribution in [-0.2, 0) is 9.47 Å². The molecule has 0 saturated carbocycles. The standard InChI is InChI=1S/C20H20ClN3O6/c1-2-30-20(26)16-11-13(3-6-18(16)23-7-9-29-10-8-23)22-19(25)15-12-14(24(27)28)4-5-17(15)21/h3-6,11-12H,2,7-10H2,1H3,(H,22,25). The van der Waals surface area contributed by atoms with Crippen LogP contribution < -0.4 is 10.2 Å². The molecule has 9 nitrogen and oxygen atoms in total. The van der Waals surface area contributed by atoms with Crippen LogP contribution in [0.5, 0.6) is 0 Å². The third-order valence-electron chi connectivity index (χ3n) is 4.51. The molecule has 10 heteroatoms. The lowest BCUT2D eigenvalue weighted by Crippen LogP contribution is -2.37. The molecule has 0 aromatic heterocycles. The highest BCUT2D eigenvalue weighted by atomic mass is 35.5. The summed E-state index contributed by atoms with van der Waals surface area (Å²) in [6.07, 6.45) is 0. The molecule has 1 heterocycles. The number of non-ortho nitro benzene ring substituents is 1. The van der Waals surface area contributed by atoms with Crippen LogP contribution in [0, 0.1) is 10.1 Å². The van der Waals surface area contributed by atoms with E-state index in [0.717, 1.165) is 6.07 Å². The van der Waals surface area contributed by atoms with Crippen molar-refractivity contribution in [3.63, 3.8) is 0 Å². The van der Waals surface area contributed by atoms with Crippen molar-refractivity contribution in [1.82, 2.24) is 0 Å². The Morgan fingerprint density at radius 2 is 1.93 bits per heavy atom. The maximum atomic E-state index is 12.6. The molecule has 30 heavy (non-hydrogen) atoms. The number of morpholine rings is 1. The first kappa shape index (κ1) is 21.5. The minimum Gasteiger partial charge on any atom is -0.462 e. The van der Waals surface area contributed by atoms with E-state index in [2.05, 4.69) is 5.32 Å². The van der Waals surface area contributed by atoms with Gasteiger partial charge in [0.1, 0.15) is 0 Å². The highest BCUT2D eigenvalue weighted by molar-refractivity contribution is 6.34. The molecule has 3 rings (SSSR count). The second-order valence-corrected chi connectivity index (χ2v) is 6.83. The molecule has 0 atom stereocenters. The fraction of sp³-hybridized carbons (Fsp3) is 0.300. The molecule has 158 valence electrons. The van der Waals surface area contributed by atoms with Crippen LogP contribution in [-0.4, -0.2) is 49.7 Å². The summed E-state index contributed by atoms with van der Waals surface area (Å²) in [5, 5.41) is 13.7. The highest BCUT2D eigenvalue weighted by Gasteiger charge is 2.22. The molecule has 1 aliphatic heterocycles. The quantitative estimate of drug-likeness (QED) is 0.421. The molecule has 2 aromatic carbocycles. The Bertz CT molecular complexity index is 975. The van der Waals surface area contributed by atoms with Crippen molar-refractivity contribution < 1.29 is 24.0 Å². The van der Waals surface area contributed by atoms with Crippen LogP contribution in [0.1, 0.15) is 27.6 Å². The summed E-state index contributed by atoms with van der Waals surface area (Å²) in [4.78, 5) is 37.5. The number of nitrogens with one attached hydrogen (secondary N) is 1. The normalized spacial score (nSPS) is 13.6. The lowest BCUT2D eigenvalue weighted by atomic mass is 10.1. The van der Waals surface area contributed by atoms with E-state index in [4.69, 9.17) is 21.1 Å². The number of benzene rings is 2. The molecule has 0 spiro atoms. The molecule has 1 N–H and O–H groups in total. The summed E-state index contributed by atoms with van der Waals surface area (Å²) in [7, 11) is 0. The summed E-state index contributed by atoms with van der Waals surface area (Å²) in [6, 6.07) is 8.51. The molecule has 0 unspecified atom stereocenters. The Morgan fingerprint density at radius 1 is 1.20 bits per heavy atom. The van der Waals surface area contributed by atoms with E-state index >= 15 is 0 Å². The van der Waals surface area contributed by atoms with Crippen LogP contribution in [0.4, 0.5) is 17.1 Å². The van der Waals surface area contributed by atoms with E-state index in [1.165, 1.54) is 18.2 Å². The van der Waals surface area contributed by atoms with Crippen molar-refractivity contribution in [3.05, 3.63) is 62.7 Å². The summed E-state index contributed by atoms with van der Waals surface area (Å²) >= 11 is 6.04. The van der Waals surface area contributed by atoms with Gasteiger partial charge in [-0.3, -0.25) is 14.9 Å². The number of halogens is 1. The number of nitro benzene ring substituents is 1. The number of esters is 1. The average Bonchev–Trinajstić information content (AvgIpc) is 2.74. The van der Waals surface area contributed by atoms with Gasteiger partial charge in [-0.1, -0.05) is 11.6 Å². The Morgan fingerprint density at radius 3 is 2.60 bits per heavy atom. The van der Waals surface area contributed by atoms with Crippen molar-refractivity contribution in [1.29, 1.82) is 0 Å². The van der Waals surface area contributed by atoms with Gasteiger partial charge in [0.25, 0.3) is 11.6 Å². The third kappa shape index (κ3) is 4.87. The summed E-state index contributed by atoms with van der Waals surface area (Å²) in [5.41, 5.74) is 1.03. The first-order valence-corrected chi connectivity index (χ1v) is 9.67. The first-order chi connectivity index (χ1) is 14.4. The Kier molecular flexibility index (Phi) is 6.86. The minimum absolute atomic E-state index is 0.0409. The molecule has 1 saturated heterocycles. The van der Waals surface area contributed by atoms with Crippen molar-refractivity contribution in [3.8, 4) is 0 Å². The Balaban J connectivity index is 1.90. The smallest absolute Gasteiger partial charge is 0.340 e. The maximum absolute atomic E-state index is 12.6. The second kappa shape index (κ2) is 9.55. The van der Waals surface area contributed by atoms with Crippen molar-refractivity contribution in [2.75, 3.05) is 43.1 Å². The molecule has 1 amide bonds. The van der Waals surface area contributed by atoms with Crippen LogP contribution >= 0.6 is 11.6 Å². The molecular formula is C20H20ClN3O6. The number of carbonyl (C=O) groups excluding carboxylic acids is 2. The maximum Gasteiger partial charge on any atom is 0.340 e. The number of ether oxygens (including phenoxy) is 2. The van der Waals surface area contributed by atoms with E-state index in [-0.39, 0.29) is 22.9 Å². The van der Waals surface area contributed by atoms with Gasteiger partial charge in [-0.25, -0.2) is 4.79 Å². The number of hydrogen-bond donors (Lipinski definition) is 1. The zero-order valence-corrected chi connectivity index (χ0v) is 17.0. The number of amides is 1. The number of nitrogens with zero attached hydrogens (tertiary/aromatic N) is 2. The number of rotatable bonds is 6. The van der Waals surface area contributed by atoms with Crippen LogP contribution in [0.2, 0.25) is 5.02 Å². The topological polar surface area (TPSA) is 111 Å². The van der Waals surface area contributed by atoms with E-state index in [0.29, 0.717) is 43.2 Å². The van der Waals surface area contributed by atoms with E-state index in [1.54, 1.807) is 19.1 Å². The van der Waals surface area contributed by atoms with Gasteiger partial charge in [-0.15, -0.1) is 0 Å². The largest absolute Gasteiger partial charge is 0.462 e. The Hall–Kier alpha value is -3.17. The zero-order valence-electron chi connectivity index (χ0n) is 16.2. The molecule has 0 radical (unpaired) electrons. The van der Waals surface area contributed by atoms with E-state index in [9.17, 15) is 19.7 Å². The lowest BCUT2D eigenvalue weighted by Gasteiger charge is -2.30. The summed E-state index contributed by atoms with van der Waals surface area (Å²) in [5.74, 6) is -1.14. The van der Waals surface area contributed by atoms with Gasteiger partial charge >= 0.3 is 5.97 Å². The molecule has 0 aliphatic carbocycles. The Labute approximate surface area is 177 Å². The summed E-state index contributed by atoms with van der Waals surface area (Å²) < 4.78 is 10.5. The van der Waals surface area contributed by atoms with E-state index in [1.807, 2.05) is 4.90 Å². The van der Waals surface area contributed by atoms with Crippen molar-refractivity contribution in [2.45, 2.75) is 6.92 Å². The number of anilines is 2. The molecule has 1 fully saturated rings. The predicted molar refractivity (Wildman–Crippen MR) is 111 cm³/mol. The van der Waals surface area contributed by atoms with Gasteiger partial charge < -0.3 is 19.7 Å².